The maximum atomic E-state index is 2.59. The molecule has 0 radical (unpaired) electrons. The molecule has 4 heteroatoms. The molecule has 0 aromatic heterocycles. The Hall–Kier alpha value is -0.400. The van der Waals surface area contributed by atoms with Crippen molar-refractivity contribution in [1.82, 2.24) is 0 Å². The van der Waals surface area contributed by atoms with Crippen molar-refractivity contribution in [3.05, 3.63) is 70.8 Å². The Morgan fingerprint density at radius 1 is 1.08 bits per heavy atom. The van der Waals surface area contributed by atoms with E-state index in [2.05, 4.69) is 71.6 Å². The second kappa shape index (κ2) is 8.31. The predicted molar refractivity (Wildman–Crippen MR) is 120 cm³/mol. The summed E-state index contributed by atoms with van der Waals surface area (Å²) in [5.41, 5.74) is 10.9. The Bertz CT molecular complexity index is 951. The number of hydrogen-bond donors (Lipinski definition) is 0. The molecular weight excluding hydrogens is 454 g/mol. The summed E-state index contributed by atoms with van der Waals surface area (Å²) in [5, 5.41) is 0. The minimum atomic E-state index is -2.25. The first kappa shape index (κ1) is 21.9. The van der Waals surface area contributed by atoms with E-state index in [9.17, 15) is 0 Å². The predicted octanol–water partition coefficient (Wildman–Crippen LogP) is 5.43. The summed E-state index contributed by atoms with van der Waals surface area (Å²) in [6, 6.07) is 11.5. The molecule has 2 aromatic rings. The molecule has 0 nitrogen and oxygen atoms in total. The van der Waals surface area contributed by atoms with E-state index in [0.29, 0.717) is 0 Å². The summed E-state index contributed by atoms with van der Waals surface area (Å²) in [4.78, 5) is 0. The van der Waals surface area contributed by atoms with Gasteiger partial charge in [-0.3, -0.25) is 0 Å². The van der Waals surface area contributed by atoms with E-state index >= 15 is 0 Å². The van der Waals surface area contributed by atoms with Gasteiger partial charge in [-0.2, -0.15) is 0 Å². The van der Waals surface area contributed by atoms with Gasteiger partial charge in [-0.15, -0.1) is 24.8 Å². The van der Waals surface area contributed by atoms with Crippen LogP contribution in [0.3, 0.4) is 0 Å². The van der Waals surface area contributed by atoms with E-state index in [1.54, 1.807) is 25.5 Å². The van der Waals surface area contributed by atoms with E-state index in [0.717, 1.165) is 19.3 Å². The zero-order valence-corrected chi connectivity index (χ0v) is 21.3. The van der Waals surface area contributed by atoms with Crippen molar-refractivity contribution < 1.29 is 18.9 Å². The van der Waals surface area contributed by atoms with Crippen LogP contribution in [0.25, 0.3) is 16.7 Å². The van der Waals surface area contributed by atoms with Crippen LogP contribution in [0.1, 0.15) is 35.6 Å². The normalized spacial score (nSPS) is 14.2. The summed E-state index contributed by atoms with van der Waals surface area (Å²) < 4.78 is 6.98. The maximum Gasteiger partial charge on any atom is -0.147 e. The Morgan fingerprint density at radius 2 is 1.81 bits per heavy atom. The molecule has 0 unspecified atom stereocenters. The van der Waals surface area contributed by atoms with Gasteiger partial charge < -0.3 is 0 Å². The molecule has 4 rings (SSSR count). The molecule has 0 aliphatic heterocycles. The molecule has 0 fully saturated rings. The van der Waals surface area contributed by atoms with Gasteiger partial charge in [-0.05, 0) is 0 Å². The Labute approximate surface area is 175 Å². The van der Waals surface area contributed by atoms with Gasteiger partial charge in [0, 0.05) is 0 Å². The number of rotatable bonds is 3. The molecule has 2 aromatic carbocycles. The third kappa shape index (κ3) is 3.63. The van der Waals surface area contributed by atoms with Gasteiger partial charge in [-0.1, -0.05) is 0 Å². The smallest absolute Gasteiger partial charge is 0.147 e. The van der Waals surface area contributed by atoms with Crippen LogP contribution in [-0.2, 0) is 31.7 Å². The summed E-state index contributed by atoms with van der Waals surface area (Å²) in [7, 11) is 0. The van der Waals surface area contributed by atoms with Gasteiger partial charge in [0.05, 0.1) is 0 Å². The monoisotopic (exact) mass is 479 g/mol. The van der Waals surface area contributed by atoms with Crippen molar-refractivity contribution in [2.45, 2.75) is 35.4 Å². The average molecular weight is 482 g/mol. The molecule has 2 aliphatic rings. The molecule has 2 aliphatic carbocycles. The van der Waals surface area contributed by atoms with Crippen molar-refractivity contribution in [3.8, 4) is 11.1 Å². The molecule has 0 N–H and O–H groups in total. The third-order valence-corrected chi connectivity index (χ3v) is 12.1. The first-order valence-electron chi connectivity index (χ1n) is 8.99. The van der Waals surface area contributed by atoms with Gasteiger partial charge in [0.1, 0.15) is 0 Å². The number of hydrogen-bond acceptors (Lipinski definition) is 0. The Morgan fingerprint density at radius 3 is 2.42 bits per heavy atom. The topological polar surface area (TPSA) is 0 Å². The average Bonchev–Trinajstić information content (AvgIpc) is 3.19. The van der Waals surface area contributed by atoms with Crippen LogP contribution in [0.4, 0.5) is 0 Å². The van der Waals surface area contributed by atoms with Gasteiger partial charge in [0.25, 0.3) is 0 Å². The molecular formula is C22H27Cl2SiZr. The standard InChI is InChI=1S/C20H17.2CH3.2ClH.H2Si.Zr/c1-2-14-12-20-17(11-16-9-5-6-10-18(16)20)13-19(14)15-7-3-4-8-15;;;;;;/h3-7,9-10,12H,2,8,11H2,1H3;2*1H3;2*1H;1H2;. The zero-order valence-electron chi connectivity index (χ0n) is 15.8. The molecule has 26 heavy (non-hydrogen) atoms. The summed E-state index contributed by atoms with van der Waals surface area (Å²) in [6.45, 7) is 4.66. The summed E-state index contributed by atoms with van der Waals surface area (Å²) >= 11 is -2.25. The van der Waals surface area contributed by atoms with Gasteiger partial charge in [0.2, 0.25) is 0 Å². The second-order valence-electron chi connectivity index (χ2n) is 7.71. The fourth-order valence-electron chi connectivity index (χ4n) is 4.36. The van der Waals surface area contributed by atoms with Crippen molar-refractivity contribution in [2.24, 2.45) is 0 Å². The van der Waals surface area contributed by atoms with Crippen molar-refractivity contribution in [3.63, 3.8) is 0 Å². The van der Waals surface area contributed by atoms with Gasteiger partial charge in [-0.25, -0.2) is 0 Å². The fraction of sp³-hybridized carbons (Fsp3) is 0.273. The van der Waals surface area contributed by atoms with E-state index in [1.807, 2.05) is 0 Å². The zero-order chi connectivity index (χ0) is 16.9. The number of aryl methyl sites for hydroxylation is 1. The first-order valence-corrected chi connectivity index (χ1v) is 21.1. The number of fused-ring (bicyclic) bond motifs is 3. The number of allylic oxidation sites excluding steroid dienone is 4. The van der Waals surface area contributed by atoms with Crippen LogP contribution < -0.4 is 3.27 Å². The minimum absolute atomic E-state index is 0. The van der Waals surface area contributed by atoms with Crippen LogP contribution in [0.2, 0.25) is 9.26 Å². The Kier molecular flexibility index (Phi) is 7.00. The molecule has 0 heterocycles. The van der Waals surface area contributed by atoms with E-state index < -0.39 is 18.9 Å². The first-order chi connectivity index (χ1) is 11.5. The van der Waals surface area contributed by atoms with Crippen LogP contribution >= 0.6 is 24.8 Å². The van der Waals surface area contributed by atoms with Crippen molar-refractivity contribution in [1.29, 1.82) is 0 Å². The molecule has 0 saturated heterocycles. The molecule has 0 bridgehead atoms. The molecule has 0 spiro atoms. The Balaban J connectivity index is 0.00000121. The maximum absolute atomic E-state index is 2.59. The van der Waals surface area contributed by atoms with Crippen LogP contribution in [0.5, 0.6) is 0 Å². The van der Waals surface area contributed by atoms with Crippen LogP contribution in [0, 0.1) is 0 Å². The van der Waals surface area contributed by atoms with Crippen molar-refractivity contribution in [2.75, 3.05) is 0 Å². The molecule has 137 valence electrons. The second-order valence-corrected chi connectivity index (χ2v) is 28.7. The largest absolute Gasteiger partial charge is 0.147 e. The summed E-state index contributed by atoms with van der Waals surface area (Å²) in [5.74, 6) is 0. The third-order valence-electron chi connectivity index (χ3n) is 5.34. The number of halogens is 2. The van der Waals surface area contributed by atoms with Gasteiger partial charge >= 0.3 is 152 Å². The molecule has 0 saturated carbocycles. The van der Waals surface area contributed by atoms with E-state index in [4.69, 9.17) is 0 Å². The quantitative estimate of drug-likeness (QED) is 0.438. The van der Waals surface area contributed by atoms with Crippen LogP contribution in [0.15, 0.2) is 48.6 Å². The van der Waals surface area contributed by atoms with Crippen molar-refractivity contribution >= 4 is 40.5 Å². The summed E-state index contributed by atoms with van der Waals surface area (Å²) in [6.07, 6.45) is 10.3. The minimum Gasteiger partial charge on any atom is -0.147 e. The van der Waals surface area contributed by atoms with Crippen LogP contribution in [-0.4, -0.2) is 6.88 Å². The van der Waals surface area contributed by atoms with E-state index in [-0.39, 0.29) is 24.8 Å². The molecule has 0 amide bonds. The molecule has 0 atom stereocenters. The SMILES string of the molecule is CCc1cc2c([c]([Zr]([CH3])([CH3])=[SiH2])c1C1=CC=CC1)Cc1ccccc1-2.Cl.Cl. The fourth-order valence-corrected chi connectivity index (χ4v) is 11.7. The van der Waals surface area contributed by atoms with E-state index in [1.165, 1.54) is 16.7 Å². The number of benzene rings is 2. The van der Waals surface area contributed by atoms with Gasteiger partial charge in [0.15, 0.2) is 0 Å².